The number of nitrogens with zero attached hydrogens (tertiary/aromatic N) is 2. The van der Waals surface area contributed by atoms with Crippen molar-refractivity contribution in [2.45, 2.75) is 32.7 Å². The zero-order valence-corrected chi connectivity index (χ0v) is 18.0. The molecule has 0 amide bonds. The average Bonchev–Trinajstić information content (AvgIpc) is 3.19. The first kappa shape index (κ1) is 18.6. The van der Waals surface area contributed by atoms with Gasteiger partial charge in [-0.2, -0.15) is 0 Å². The molecule has 6 heteroatoms. The van der Waals surface area contributed by atoms with Crippen LogP contribution in [0, 0.1) is 19.8 Å². The van der Waals surface area contributed by atoms with Crippen LogP contribution in [0.1, 0.15) is 24.0 Å². The number of benzene rings is 2. The van der Waals surface area contributed by atoms with Gasteiger partial charge in [-0.05, 0) is 69.5 Å². The van der Waals surface area contributed by atoms with Crippen molar-refractivity contribution in [2.24, 2.45) is 5.92 Å². The predicted molar refractivity (Wildman–Crippen MR) is 126 cm³/mol. The molecule has 0 saturated carbocycles. The molecule has 2 aromatic heterocycles. The number of aryl methyl sites for hydroxylation is 2. The number of anilines is 1. The Balaban J connectivity index is 1.59. The van der Waals surface area contributed by atoms with E-state index in [1.54, 1.807) is 0 Å². The second kappa shape index (κ2) is 6.95. The number of rotatable bonds is 3. The SMILES string of the molecule is Cc1cc(C)c2[nH]c(=O)c(-c3nc4ccccc4[nH]3)c(N[C@H]3CN4CCC3CC4)c2c1. The first-order valence-electron chi connectivity index (χ1n) is 11.2. The Morgan fingerprint density at radius 2 is 1.90 bits per heavy atom. The molecular formula is C25H27N5O. The molecule has 0 spiro atoms. The quantitative estimate of drug-likeness (QED) is 0.471. The molecule has 3 saturated heterocycles. The van der Waals surface area contributed by atoms with Crippen molar-refractivity contribution in [1.82, 2.24) is 19.9 Å². The number of aromatic amines is 2. The topological polar surface area (TPSA) is 76.8 Å². The second-order valence-electron chi connectivity index (χ2n) is 9.20. The number of hydrogen-bond donors (Lipinski definition) is 3. The van der Waals surface area contributed by atoms with Crippen LogP contribution in [0.15, 0.2) is 41.2 Å². The van der Waals surface area contributed by atoms with Gasteiger partial charge in [-0.1, -0.05) is 23.8 Å². The Morgan fingerprint density at radius 3 is 2.65 bits per heavy atom. The standard InChI is InChI=1S/C25H27N5O/c1-14-11-15(2)22-17(12-14)23(26-20-13-30-9-7-16(20)8-10-30)21(25(31)29-22)24-27-18-5-3-4-6-19(18)28-24/h3-6,11-12,16,20H,7-10,13H2,1-2H3,(H,27,28)(H2,26,29,31)/t20-/m0/s1. The second-order valence-corrected chi connectivity index (χ2v) is 9.20. The van der Waals surface area contributed by atoms with E-state index in [0.717, 1.165) is 39.7 Å². The van der Waals surface area contributed by atoms with Crippen LogP contribution in [0.5, 0.6) is 0 Å². The Bertz CT molecular complexity index is 1330. The summed E-state index contributed by atoms with van der Waals surface area (Å²) in [6, 6.07) is 12.6. The lowest BCUT2D eigenvalue weighted by molar-refractivity contribution is 0.0976. The summed E-state index contributed by atoms with van der Waals surface area (Å²) < 4.78 is 0. The number of imidazole rings is 1. The molecule has 31 heavy (non-hydrogen) atoms. The number of piperidine rings is 3. The van der Waals surface area contributed by atoms with E-state index < -0.39 is 0 Å². The molecule has 3 N–H and O–H groups in total. The number of aromatic nitrogens is 3. The van der Waals surface area contributed by atoms with Gasteiger partial charge in [-0.3, -0.25) is 4.79 Å². The molecule has 4 aromatic rings. The summed E-state index contributed by atoms with van der Waals surface area (Å²) >= 11 is 0. The van der Waals surface area contributed by atoms with Crippen molar-refractivity contribution in [3.05, 3.63) is 57.9 Å². The lowest BCUT2D eigenvalue weighted by Gasteiger charge is -2.45. The van der Waals surface area contributed by atoms with Crippen molar-refractivity contribution >= 4 is 27.6 Å². The molecule has 1 atom stereocenters. The number of nitrogens with one attached hydrogen (secondary N) is 3. The van der Waals surface area contributed by atoms with Crippen LogP contribution in [-0.4, -0.2) is 45.5 Å². The molecule has 3 aliphatic rings. The minimum Gasteiger partial charge on any atom is -0.379 e. The third-order valence-corrected chi connectivity index (χ3v) is 7.08. The Kier molecular flexibility index (Phi) is 4.18. The Hall–Kier alpha value is -3.12. The highest BCUT2D eigenvalue weighted by atomic mass is 16.1. The van der Waals surface area contributed by atoms with Gasteiger partial charge in [0.25, 0.3) is 5.56 Å². The van der Waals surface area contributed by atoms with Crippen molar-refractivity contribution in [2.75, 3.05) is 25.0 Å². The van der Waals surface area contributed by atoms with E-state index in [4.69, 9.17) is 4.98 Å². The fourth-order valence-electron chi connectivity index (χ4n) is 5.52. The third-order valence-electron chi connectivity index (χ3n) is 7.08. The van der Waals surface area contributed by atoms with E-state index in [1.165, 1.54) is 31.5 Å². The van der Waals surface area contributed by atoms with Gasteiger partial charge in [0.2, 0.25) is 0 Å². The summed E-state index contributed by atoms with van der Waals surface area (Å²) in [4.78, 5) is 27.2. The van der Waals surface area contributed by atoms with E-state index in [2.05, 4.69) is 46.2 Å². The largest absolute Gasteiger partial charge is 0.379 e. The van der Waals surface area contributed by atoms with E-state index >= 15 is 0 Å². The van der Waals surface area contributed by atoms with Crippen molar-refractivity contribution < 1.29 is 0 Å². The number of fused-ring (bicyclic) bond motifs is 5. The zero-order chi connectivity index (χ0) is 21.1. The fourth-order valence-corrected chi connectivity index (χ4v) is 5.52. The molecule has 2 bridgehead atoms. The van der Waals surface area contributed by atoms with Gasteiger partial charge in [-0.25, -0.2) is 4.98 Å². The molecule has 7 rings (SSSR count). The maximum atomic E-state index is 13.4. The average molecular weight is 414 g/mol. The molecule has 158 valence electrons. The minimum atomic E-state index is -0.109. The predicted octanol–water partition coefficient (Wildman–Crippen LogP) is 4.19. The summed E-state index contributed by atoms with van der Waals surface area (Å²) in [5.41, 5.74) is 6.37. The number of H-pyrrole nitrogens is 2. The highest BCUT2D eigenvalue weighted by Crippen LogP contribution is 2.36. The fraction of sp³-hybridized carbons (Fsp3) is 0.360. The van der Waals surface area contributed by atoms with E-state index in [9.17, 15) is 4.79 Å². The molecule has 3 aliphatic heterocycles. The number of hydrogen-bond acceptors (Lipinski definition) is 4. The first-order chi connectivity index (χ1) is 15.1. The van der Waals surface area contributed by atoms with E-state index in [-0.39, 0.29) is 5.56 Å². The van der Waals surface area contributed by atoms with Gasteiger partial charge in [0.1, 0.15) is 11.4 Å². The minimum absolute atomic E-state index is 0.109. The van der Waals surface area contributed by atoms with Gasteiger partial charge in [0.15, 0.2) is 0 Å². The van der Waals surface area contributed by atoms with Gasteiger partial charge in [-0.15, -0.1) is 0 Å². The molecule has 3 fully saturated rings. The van der Waals surface area contributed by atoms with Crippen LogP contribution in [0.25, 0.3) is 33.3 Å². The van der Waals surface area contributed by atoms with Crippen LogP contribution in [-0.2, 0) is 0 Å². The highest BCUT2D eigenvalue weighted by molar-refractivity contribution is 6.00. The molecule has 6 nitrogen and oxygen atoms in total. The zero-order valence-electron chi connectivity index (χ0n) is 18.0. The first-order valence-corrected chi connectivity index (χ1v) is 11.2. The van der Waals surface area contributed by atoms with Gasteiger partial charge >= 0.3 is 0 Å². The summed E-state index contributed by atoms with van der Waals surface area (Å²) in [6.45, 7) is 7.57. The van der Waals surface area contributed by atoms with Crippen LogP contribution in [0.2, 0.25) is 0 Å². The molecular weight excluding hydrogens is 386 g/mol. The van der Waals surface area contributed by atoms with Gasteiger partial charge in [0, 0.05) is 18.0 Å². The molecule has 0 unspecified atom stereocenters. The Labute approximate surface area is 180 Å². The monoisotopic (exact) mass is 413 g/mol. The maximum Gasteiger partial charge on any atom is 0.261 e. The molecule has 0 aliphatic carbocycles. The third kappa shape index (κ3) is 3.05. The smallest absolute Gasteiger partial charge is 0.261 e. The summed E-state index contributed by atoms with van der Waals surface area (Å²) in [6.07, 6.45) is 2.44. The Morgan fingerprint density at radius 1 is 1.10 bits per heavy atom. The normalized spacial score (nSPS) is 23.0. The van der Waals surface area contributed by atoms with E-state index in [0.29, 0.717) is 23.3 Å². The molecule has 0 radical (unpaired) electrons. The molecule has 5 heterocycles. The maximum absolute atomic E-state index is 13.4. The number of pyridine rings is 1. The van der Waals surface area contributed by atoms with Gasteiger partial charge < -0.3 is 20.2 Å². The van der Waals surface area contributed by atoms with Crippen LogP contribution >= 0.6 is 0 Å². The lowest BCUT2D eigenvalue weighted by Crippen LogP contribution is -2.53. The number of para-hydroxylation sites is 2. The van der Waals surface area contributed by atoms with E-state index in [1.807, 2.05) is 24.3 Å². The van der Waals surface area contributed by atoms with Crippen molar-refractivity contribution in [3.8, 4) is 11.4 Å². The van der Waals surface area contributed by atoms with Crippen LogP contribution in [0.4, 0.5) is 5.69 Å². The summed E-state index contributed by atoms with van der Waals surface area (Å²) in [5, 5.41) is 4.90. The van der Waals surface area contributed by atoms with Crippen molar-refractivity contribution in [1.29, 1.82) is 0 Å². The summed E-state index contributed by atoms with van der Waals surface area (Å²) in [7, 11) is 0. The lowest BCUT2D eigenvalue weighted by atomic mass is 9.83. The van der Waals surface area contributed by atoms with Crippen molar-refractivity contribution in [3.63, 3.8) is 0 Å². The highest BCUT2D eigenvalue weighted by Gasteiger charge is 2.35. The van der Waals surface area contributed by atoms with Gasteiger partial charge in [0.05, 0.1) is 22.2 Å². The van der Waals surface area contributed by atoms with Crippen LogP contribution in [0.3, 0.4) is 0 Å². The molecule has 2 aromatic carbocycles. The summed E-state index contributed by atoms with van der Waals surface area (Å²) in [5.74, 6) is 1.26. The van der Waals surface area contributed by atoms with Crippen LogP contribution < -0.4 is 10.9 Å².